The molecule has 0 aromatic heterocycles. The maximum absolute atomic E-state index is 13.9. The summed E-state index contributed by atoms with van der Waals surface area (Å²) in [5, 5.41) is 2.91. The number of methoxy groups -OCH3 is 2. The fourth-order valence-corrected chi connectivity index (χ4v) is 2.84. The van der Waals surface area contributed by atoms with Crippen LogP contribution in [0.15, 0.2) is 42.5 Å². The summed E-state index contributed by atoms with van der Waals surface area (Å²) < 4.78 is 24.1. The molecule has 0 fully saturated rings. The molecule has 0 aliphatic carbocycles. The molecule has 0 radical (unpaired) electrons. The summed E-state index contributed by atoms with van der Waals surface area (Å²) in [7, 11) is 3.00. The van der Waals surface area contributed by atoms with Crippen LogP contribution in [-0.4, -0.2) is 32.7 Å². The molecule has 26 heavy (non-hydrogen) atoms. The molecular formula is C20H26FN2O3+. The number of para-hydroxylation sites is 2. The average Bonchev–Trinajstić information content (AvgIpc) is 2.66. The number of carbonyl (C=O) groups is 1. The topological polar surface area (TPSA) is 52.0 Å². The average molecular weight is 361 g/mol. The van der Waals surface area contributed by atoms with E-state index in [1.165, 1.54) is 13.2 Å². The predicted molar refractivity (Wildman–Crippen MR) is 99.2 cm³/mol. The number of rotatable bonds is 8. The van der Waals surface area contributed by atoms with E-state index in [1.54, 1.807) is 25.3 Å². The van der Waals surface area contributed by atoms with Crippen LogP contribution in [0.2, 0.25) is 0 Å². The number of anilines is 1. The lowest BCUT2D eigenvalue weighted by Gasteiger charge is -2.24. The SMILES string of the molecule is CC[NH+](Cc1ccc(OC)c(F)c1)[C@@H](C)C(=O)Nc1ccccc1OC. The van der Waals surface area contributed by atoms with Gasteiger partial charge in [-0.05, 0) is 44.2 Å². The highest BCUT2D eigenvalue weighted by molar-refractivity contribution is 5.94. The highest BCUT2D eigenvalue weighted by Crippen LogP contribution is 2.23. The minimum absolute atomic E-state index is 0.111. The lowest BCUT2D eigenvalue weighted by molar-refractivity contribution is -0.925. The molecule has 0 bridgehead atoms. The molecule has 0 aliphatic rings. The Morgan fingerprint density at radius 1 is 1.15 bits per heavy atom. The molecule has 140 valence electrons. The number of ether oxygens (including phenoxy) is 2. The summed E-state index contributed by atoms with van der Waals surface area (Å²) in [5.74, 6) is 0.323. The van der Waals surface area contributed by atoms with Gasteiger partial charge in [-0.2, -0.15) is 0 Å². The summed E-state index contributed by atoms with van der Waals surface area (Å²) in [4.78, 5) is 13.7. The molecule has 0 heterocycles. The van der Waals surface area contributed by atoms with E-state index < -0.39 is 5.82 Å². The van der Waals surface area contributed by atoms with Crippen LogP contribution in [0.4, 0.5) is 10.1 Å². The molecule has 2 rings (SSSR count). The minimum Gasteiger partial charge on any atom is -0.495 e. The molecule has 5 nitrogen and oxygen atoms in total. The van der Waals surface area contributed by atoms with Crippen LogP contribution in [0.1, 0.15) is 19.4 Å². The zero-order valence-electron chi connectivity index (χ0n) is 15.6. The van der Waals surface area contributed by atoms with Gasteiger partial charge in [-0.3, -0.25) is 4.79 Å². The van der Waals surface area contributed by atoms with Gasteiger partial charge in [0.1, 0.15) is 12.3 Å². The van der Waals surface area contributed by atoms with Crippen LogP contribution >= 0.6 is 0 Å². The number of halogens is 1. The fraction of sp³-hybridized carbons (Fsp3) is 0.350. The normalized spacial score (nSPS) is 13.0. The Bertz CT molecular complexity index is 752. The highest BCUT2D eigenvalue weighted by atomic mass is 19.1. The Morgan fingerprint density at radius 3 is 2.46 bits per heavy atom. The van der Waals surface area contributed by atoms with Crippen molar-refractivity contribution in [1.29, 1.82) is 0 Å². The van der Waals surface area contributed by atoms with Gasteiger partial charge < -0.3 is 19.7 Å². The zero-order chi connectivity index (χ0) is 19.1. The molecule has 2 aromatic rings. The Morgan fingerprint density at radius 2 is 1.85 bits per heavy atom. The summed E-state index contributed by atoms with van der Waals surface area (Å²) in [6, 6.07) is 11.9. The lowest BCUT2D eigenvalue weighted by atomic mass is 10.1. The lowest BCUT2D eigenvalue weighted by Crippen LogP contribution is -3.15. The first kappa shape index (κ1) is 19.7. The van der Waals surface area contributed by atoms with Gasteiger partial charge in [0.25, 0.3) is 5.91 Å². The van der Waals surface area contributed by atoms with E-state index in [1.807, 2.05) is 32.0 Å². The monoisotopic (exact) mass is 361 g/mol. The first-order valence-corrected chi connectivity index (χ1v) is 8.61. The summed E-state index contributed by atoms with van der Waals surface area (Å²) in [6.07, 6.45) is 0. The number of nitrogens with one attached hydrogen (secondary N) is 2. The second-order valence-electron chi connectivity index (χ2n) is 6.07. The van der Waals surface area contributed by atoms with E-state index in [-0.39, 0.29) is 17.7 Å². The number of hydrogen-bond donors (Lipinski definition) is 2. The van der Waals surface area contributed by atoms with Crippen LogP contribution in [0, 0.1) is 5.82 Å². The third-order valence-corrected chi connectivity index (χ3v) is 4.47. The van der Waals surface area contributed by atoms with Crippen molar-refractivity contribution in [2.75, 3.05) is 26.1 Å². The molecule has 0 saturated heterocycles. The highest BCUT2D eigenvalue weighted by Gasteiger charge is 2.25. The molecule has 6 heteroatoms. The second kappa shape index (κ2) is 9.20. The molecule has 2 N–H and O–H groups in total. The van der Waals surface area contributed by atoms with E-state index in [4.69, 9.17) is 9.47 Å². The van der Waals surface area contributed by atoms with E-state index in [0.717, 1.165) is 17.0 Å². The molecule has 1 unspecified atom stereocenters. The molecule has 0 aliphatic heterocycles. The first-order chi connectivity index (χ1) is 12.5. The third-order valence-electron chi connectivity index (χ3n) is 4.47. The third kappa shape index (κ3) is 4.73. The molecule has 0 spiro atoms. The van der Waals surface area contributed by atoms with Gasteiger partial charge in [0.2, 0.25) is 0 Å². The number of hydrogen-bond acceptors (Lipinski definition) is 3. The predicted octanol–water partition coefficient (Wildman–Crippen LogP) is 2.27. The van der Waals surface area contributed by atoms with Crippen molar-refractivity contribution in [3.63, 3.8) is 0 Å². The van der Waals surface area contributed by atoms with Gasteiger partial charge in [-0.1, -0.05) is 12.1 Å². The number of amides is 1. The van der Waals surface area contributed by atoms with Gasteiger partial charge in [-0.25, -0.2) is 4.39 Å². The van der Waals surface area contributed by atoms with Crippen molar-refractivity contribution in [2.24, 2.45) is 0 Å². The van der Waals surface area contributed by atoms with Crippen LogP contribution in [0.3, 0.4) is 0 Å². The Labute approximate surface area is 153 Å². The molecular weight excluding hydrogens is 335 g/mol. The second-order valence-corrected chi connectivity index (χ2v) is 6.07. The van der Waals surface area contributed by atoms with Crippen molar-refractivity contribution >= 4 is 11.6 Å². The molecule has 0 saturated carbocycles. The van der Waals surface area contributed by atoms with Gasteiger partial charge in [0, 0.05) is 5.56 Å². The van der Waals surface area contributed by atoms with Gasteiger partial charge in [-0.15, -0.1) is 0 Å². The van der Waals surface area contributed by atoms with E-state index in [9.17, 15) is 9.18 Å². The largest absolute Gasteiger partial charge is 0.495 e. The number of quaternary nitrogens is 1. The smallest absolute Gasteiger partial charge is 0.282 e. The van der Waals surface area contributed by atoms with Crippen molar-refractivity contribution < 1.29 is 23.6 Å². The number of benzene rings is 2. The molecule has 2 atom stereocenters. The summed E-state index contributed by atoms with van der Waals surface area (Å²) >= 11 is 0. The fourth-order valence-electron chi connectivity index (χ4n) is 2.84. The van der Waals surface area contributed by atoms with Crippen molar-refractivity contribution in [2.45, 2.75) is 26.4 Å². The standard InChI is InChI=1S/C20H25FN2O3/c1-5-23(13-15-10-11-18(25-3)16(21)12-15)14(2)20(24)22-17-8-6-7-9-19(17)26-4/h6-12,14H,5,13H2,1-4H3,(H,22,24)/p+1/t14-/m0/s1. The summed E-state index contributed by atoms with van der Waals surface area (Å²) in [5.41, 5.74) is 1.45. The van der Waals surface area contributed by atoms with Crippen LogP contribution < -0.4 is 19.7 Å². The van der Waals surface area contributed by atoms with Crippen molar-refractivity contribution in [3.8, 4) is 11.5 Å². The summed E-state index contributed by atoms with van der Waals surface area (Å²) in [6.45, 7) is 5.14. The van der Waals surface area contributed by atoms with Crippen molar-refractivity contribution in [1.82, 2.24) is 0 Å². The number of carbonyl (C=O) groups excluding carboxylic acids is 1. The van der Waals surface area contributed by atoms with Gasteiger partial charge in [0.15, 0.2) is 17.6 Å². The van der Waals surface area contributed by atoms with Crippen molar-refractivity contribution in [3.05, 3.63) is 53.8 Å². The Balaban J connectivity index is 2.08. The van der Waals surface area contributed by atoms with Gasteiger partial charge >= 0.3 is 0 Å². The maximum atomic E-state index is 13.9. The van der Waals surface area contributed by atoms with Crippen LogP contribution in [0.5, 0.6) is 11.5 Å². The van der Waals surface area contributed by atoms with Crippen LogP contribution in [0.25, 0.3) is 0 Å². The molecule has 2 aromatic carbocycles. The zero-order valence-corrected chi connectivity index (χ0v) is 15.6. The molecule has 1 amide bonds. The quantitative estimate of drug-likeness (QED) is 0.758. The first-order valence-electron chi connectivity index (χ1n) is 8.61. The van der Waals surface area contributed by atoms with E-state index >= 15 is 0 Å². The van der Waals surface area contributed by atoms with E-state index in [2.05, 4.69) is 5.32 Å². The number of likely N-dealkylation sites (N-methyl/N-ethyl adjacent to an activating group) is 1. The maximum Gasteiger partial charge on any atom is 0.282 e. The van der Waals surface area contributed by atoms with Gasteiger partial charge in [0.05, 0.1) is 26.5 Å². The Kier molecular flexibility index (Phi) is 6.97. The van der Waals surface area contributed by atoms with Crippen LogP contribution in [-0.2, 0) is 11.3 Å². The minimum atomic E-state index is -0.397. The van der Waals surface area contributed by atoms with E-state index in [0.29, 0.717) is 18.0 Å². The Hall–Kier alpha value is -2.60.